The lowest BCUT2D eigenvalue weighted by atomic mass is 10.3. The average Bonchev–Trinajstić information content (AvgIpc) is 2.32. The van der Waals surface area contributed by atoms with Gasteiger partial charge in [-0.05, 0) is 28.1 Å². The molecule has 0 N–H and O–H groups in total. The van der Waals surface area contributed by atoms with Gasteiger partial charge < -0.3 is 9.47 Å². The monoisotopic (exact) mass is 279 g/mol. The van der Waals surface area contributed by atoms with Gasteiger partial charge in [0, 0.05) is 12.1 Å². The maximum Gasteiger partial charge on any atom is 0.222 e. The second-order valence-electron chi connectivity index (χ2n) is 3.05. The summed E-state index contributed by atoms with van der Waals surface area (Å²) in [7, 11) is 1.57. The third-order valence-electron chi connectivity index (χ3n) is 1.96. The van der Waals surface area contributed by atoms with Gasteiger partial charge in [0.15, 0.2) is 0 Å². The van der Waals surface area contributed by atoms with Crippen LogP contribution in [-0.4, -0.2) is 12.1 Å². The first-order valence-electron chi connectivity index (χ1n) is 4.73. The SMILES string of the molecule is COc1cccc(Oc2ccccc2Br)n1. The summed E-state index contributed by atoms with van der Waals surface area (Å²) >= 11 is 3.41. The Bertz CT molecular complexity index is 488. The van der Waals surface area contributed by atoms with Crippen LogP contribution in [0.5, 0.6) is 17.5 Å². The van der Waals surface area contributed by atoms with Crippen molar-refractivity contribution in [3.8, 4) is 17.5 Å². The van der Waals surface area contributed by atoms with Gasteiger partial charge in [-0.25, -0.2) is 0 Å². The molecule has 0 saturated heterocycles. The van der Waals surface area contributed by atoms with E-state index in [0.717, 1.165) is 10.2 Å². The van der Waals surface area contributed by atoms with Crippen LogP contribution in [0.4, 0.5) is 0 Å². The van der Waals surface area contributed by atoms with E-state index < -0.39 is 0 Å². The van der Waals surface area contributed by atoms with Crippen LogP contribution < -0.4 is 9.47 Å². The van der Waals surface area contributed by atoms with Gasteiger partial charge >= 0.3 is 0 Å². The van der Waals surface area contributed by atoms with Crippen LogP contribution in [-0.2, 0) is 0 Å². The van der Waals surface area contributed by atoms with Crippen LogP contribution in [0, 0.1) is 0 Å². The number of halogens is 1. The van der Waals surface area contributed by atoms with E-state index in [4.69, 9.17) is 9.47 Å². The smallest absolute Gasteiger partial charge is 0.222 e. The lowest BCUT2D eigenvalue weighted by Crippen LogP contribution is -1.91. The molecular weight excluding hydrogens is 270 g/mol. The van der Waals surface area contributed by atoms with Crippen molar-refractivity contribution in [2.24, 2.45) is 0 Å². The third-order valence-corrected chi connectivity index (χ3v) is 2.61. The zero-order chi connectivity index (χ0) is 11.4. The van der Waals surface area contributed by atoms with Crippen LogP contribution >= 0.6 is 15.9 Å². The van der Waals surface area contributed by atoms with E-state index in [1.807, 2.05) is 30.3 Å². The first-order valence-corrected chi connectivity index (χ1v) is 5.52. The molecule has 3 nitrogen and oxygen atoms in total. The lowest BCUT2D eigenvalue weighted by molar-refractivity contribution is 0.383. The van der Waals surface area contributed by atoms with Crippen LogP contribution in [0.3, 0.4) is 0 Å². The molecule has 4 heteroatoms. The molecule has 0 saturated carbocycles. The number of methoxy groups -OCH3 is 1. The van der Waals surface area contributed by atoms with Crippen molar-refractivity contribution in [3.05, 3.63) is 46.9 Å². The third kappa shape index (κ3) is 2.52. The van der Waals surface area contributed by atoms with E-state index in [0.29, 0.717) is 11.8 Å². The molecule has 1 heterocycles. The first kappa shape index (κ1) is 11.0. The van der Waals surface area contributed by atoms with E-state index in [1.54, 1.807) is 19.2 Å². The van der Waals surface area contributed by atoms with E-state index >= 15 is 0 Å². The Kier molecular flexibility index (Phi) is 3.41. The lowest BCUT2D eigenvalue weighted by Gasteiger charge is -2.07. The van der Waals surface area contributed by atoms with Crippen LogP contribution in [0.1, 0.15) is 0 Å². The number of aromatic nitrogens is 1. The Labute approximate surface area is 102 Å². The molecule has 0 radical (unpaired) electrons. The highest BCUT2D eigenvalue weighted by Crippen LogP contribution is 2.28. The zero-order valence-corrected chi connectivity index (χ0v) is 10.3. The minimum atomic E-state index is 0.506. The van der Waals surface area contributed by atoms with Gasteiger partial charge in [-0.15, -0.1) is 0 Å². The van der Waals surface area contributed by atoms with Gasteiger partial charge in [-0.2, -0.15) is 4.98 Å². The number of hydrogen-bond donors (Lipinski definition) is 0. The second-order valence-corrected chi connectivity index (χ2v) is 3.91. The average molecular weight is 280 g/mol. The predicted octanol–water partition coefficient (Wildman–Crippen LogP) is 3.65. The van der Waals surface area contributed by atoms with E-state index in [1.165, 1.54) is 0 Å². The molecule has 16 heavy (non-hydrogen) atoms. The van der Waals surface area contributed by atoms with Crippen LogP contribution in [0.2, 0.25) is 0 Å². The molecule has 2 aromatic rings. The van der Waals surface area contributed by atoms with Gasteiger partial charge in [-0.3, -0.25) is 0 Å². The Morgan fingerprint density at radius 1 is 1.00 bits per heavy atom. The number of nitrogens with zero attached hydrogens (tertiary/aromatic N) is 1. The van der Waals surface area contributed by atoms with Crippen molar-refractivity contribution in [1.29, 1.82) is 0 Å². The molecule has 1 aromatic carbocycles. The van der Waals surface area contributed by atoms with Crippen molar-refractivity contribution < 1.29 is 9.47 Å². The molecule has 0 bridgehead atoms. The molecule has 0 atom stereocenters. The maximum absolute atomic E-state index is 5.61. The van der Waals surface area contributed by atoms with Gasteiger partial charge in [0.2, 0.25) is 11.8 Å². The van der Waals surface area contributed by atoms with Gasteiger partial charge in [-0.1, -0.05) is 18.2 Å². The number of benzene rings is 1. The standard InChI is InChI=1S/C12H10BrNO2/c1-15-11-7-4-8-12(14-11)16-10-6-3-2-5-9(10)13/h2-8H,1H3. The summed E-state index contributed by atoms with van der Waals surface area (Å²) in [6.45, 7) is 0. The molecule has 0 fully saturated rings. The summed E-state index contributed by atoms with van der Waals surface area (Å²) < 4.78 is 11.5. The van der Waals surface area contributed by atoms with Gasteiger partial charge in [0.25, 0.3) is 0 Å². The molecule has 1 aromatic heterocycles. The number of ether oxygens (including phenoxy) is 2. The second kappa shape index (κ2) is 4.99. The highest BCUT2D eigenvalue weighted by Gasteiger charge is 2.03. The fourth-order valence-corrected chi connectivity index (χ4v) is 1.57. The summed E-state index contributed by atoms with van der Waals surface area (Å²) in [5, 5.41) is 0. The Balaban J connectivity index is 2.24. The first-order chi connectivity index (χ1) is 7.79. The molecule has 0 aliphatic heterocycles. The number of pyridine rings is 1. The number of hydrogen-bond acceptors (Lipinski definition) is 3. The summed E-state index contributed by atoms with van der Waals surface area (Å²) in [6.07, 6.45) is 0. The Morgan fingerprint density at radius 2 is 1.75 bits per heavy atom. The number of rotatable bonds is 3. The molecule has 0 unspecified atom stereocenters. The van der Waals surface area contributed by atoms with Crippen molar-refractivity contribution in [2.45, 2.75) is 0 Å². The highest BCUT2D eigenvalue weighted by molar-refractivity contribution is 9.10. The normalized spacial score (nSPS) is 9.88. The molecule has 0 aliphatic rings. The van der Waals surface area contributed by atoms with Crippen molar-refractivity contribution in [2.75, 3.05) is 7.11 Å². The Morgan fingerprint density at radius 3 is 2.50 bits per heavy atom. The maximum atomic E-state index is 5.61. The fourth-order valence-electron chi connectivity index (χ4n) is 1.21. The highest BCUT2D eigenvalue weighted by atomic mass is 79.9. The van der Waals surface area contributed by atoms with E-state index in [-0.39, 0.29) is 0 Å². The summed E-state index contributed by atoms with van der Waals surface area (Å²) in [5.41, 5.74) is 0. The summed E-state index contributed by atoms with van der Waals surface area (Å²) in [5.74, 6) is 1.76. The minimum Gasteiger partial charge on any atom is -0.481 e. The topological polar surface area (TPSA) is 31.4 Å². The largest absolute Gasteiger partial charge is 0.481 e. The quantitative estimate of drug-likeness (QED) is 0.860. The molecule has 0 spiro atoms. The summed E-state index contributed by atoms with van der Waals surface area (Å²) in [6, 6.07) is 13.0. The van der Waals surface area contributed by atoms with Crippen LogP contribution in [0.15, 0.2) is 46.9 Å². The Hall–Kier alpha value is -1.55. The van der Waals surface area contributed by atoms with Crippen LogP contribution in [0.25, 0.3) is 0 Å². The minimum absolute atomic E-state index is 0.506. The van der Waals surface area contributed by atoms with Gasteiger partial charge in [0.05, 0.1) is 11.6 Å². The zero-order valence-electron chi connectivity index (χ0n) is 8.68. The summed E-state index contributed by atoms with van der Waals surface area (Å²) in [4.78, 5) is 4.16. The van der Waals surface area contributed by atoms with Crippen molar-refractivity contribution >= 4 is 15.9 Å². The van der Waals surface area contributed by atoms with Crippen molar-refractivity contribution in [3.63, 3.8) is 0 Å². The van der Waals surface area contributed by atoms with E-state index in [9.17, 15) is 0 Å². The van der Waals surface area contributed by atoms with Crippen molar-refractivity contribution in [1.82, 2.24) is 4.98 Å². The molecule has 0 amide bonds. The molecular formula is C12H10BrNO2. The predicted molar refractivity (Wildman–Crippen MR) is 65.0 cm³/mol. The molecule has 2 rings (SSSR count). The van der Waals surface area contributed by atoms with E-state index in [2.05, 4.69) is 20.9 Å². The molecule has 82 valence electrons. The number of para-hydroxylation sites is 1. The fraction of sp³-hybridized carbons (Fsp3) is 0.0833. The molecule has 0 aliphatic carbocycles. The van der Waals surface area contributed by atoms with Gasteiger partial charge in [0.1, 0.15) is 5.75 Å².